The smallest absolute Gasteiger partial charge is 0.252 e. The first-order chi connectivity index (χ1) is 8.66. The van der Waals surface area contributed by atoms with Crippen LogP contribution >= 0.6 is 15.9 Å². The van der Waals surface area contributed by atoms with Crippen molar-refractivity contribution in [2.45, 2.75) is 32.3 Å². The van der Waals surface area contributed by atoms with Crippen molar-refractivity contribution < 1.29 is 9.53 Å². The van der Waals surface area contributed by atoms with Gasteiger partial charge < -0.3 is 10.1 Å². The predicted octanol–water partition coefficient (Wildman–Crippen LogP) is 3.06. The summed E-state index contributed by atoms with van der Waals surface area (Å²) in [7, 11) is 0. The number of nitrogens with one attached hydrogen (secondary N) is 1. The molecule has 0 aromatic heterocycles. The number of benzene rings is 1. The minimum absolute atomic E-state index is 0.0419. The van der Waals surface area contributed by atoms with E-state index in [1.54, 1.807) is 0 Å². The molecule has 1 aliphatic heterocycles. The van der Waals surface area contributed by atoms with E-state index in [0.29, 0.717) is 12.1 Å². The average Bonchev–Trinajstić information content (AvgIpc) is 2.40. The van der Waals surface area contributed by atoms with Crippen LogP contribution in [0.5, 0.6) is 0 Å². The summed E-state index contributed by atoms with van der Waals surface area (Å²) in [5.41, 5.74) is 1.77. The Morgan fingerprint density at radius 1 is 1.50 bits per heavy atom. The fourth-order valence-electron chi connectivity index (χ4n) is 2.08. The molecule has 1 unspecified atom stereocenters. The first-order valence-corrected chi connectivity index (χ1v) is 7.12. The number of hydrogen-bond donors (Lipinski definition) is 1. The molecule has 0 aliphatic carbocycles. The van der Waals surface area contributed by atoms with E-state index in [1.807, 2.05) is 25.1 Å². The first kappa shape index (κ1) is 13.6. The Labute approximate surface area is 116 Å². The molecule has 1 aliphatic rings. The van der Waals surface area contributed by atoms with Gasteiger partial charge >= 0.3 is 0 Å². The van der Waals surface area contributed by atoms with Crippen molar-refractivity contribution in [3.8, 4) is 0 Å². The van der Waals surface area contributed by atoms with Crippen molar-refractivity contribution in [3.63, 3.8) is 0 Å². The highest BCUT2D eigenvalue weighted by Crippen LogP contribution is 2.18. The van der Waals surface area contributed by atoms with E-state index < -0.39 is 0 Å². The van der Waals surface area contributed by atoms with Crippen molar-refractivity contribution in [2.24, 2.45) is 0 Å². The maximum absolute atomic E-state index is 12.1. The number of hydrogen-bond acceptors (Lipinski definition) is 2. The summed E-state index contributed by atoms with van der Waals surface area (Å²) < 4.78 is 6.42. The molecule has 1 saturated heterocycles. The Morgan fingerprint density at radius 3 is 3.06 bits per heavy atom. The van der Waals surface area contributed by atoms with Gasteiger partial charge in [0.05, 0.1) is 11.7 Å². The maximum atomic E-state index is 12.1. The zero-order valence-electron chi connectivity index (χ0n) is 10.5. The zero-order chi connectivity index (χ0) is 13.0. The van der Waals surface area contributed by atoms with Gasteiger partial charge in [0.25, 0.3) is 5.91 Å². The molecule has 0 spiro atoms. The van der Waals surface area contributed by atoms with Crippen LogP contribution in [-0.2, 0) is 4.74 Å². The minimum Gasteiger partial charge on any atom is -0.376 e. The monoisotopic (exact) mass is 311 g/mol. The molecule has 1 fully saturated rings. The van der Waals surface area contributed by atoms with Crippen LogP contribution in [0.25, 0.3) is 0 Å². The van der Waals surface area contributed by atoms with Crippen LogP contribution in [0.3, 0.4) is 0 Å². The number of ether oxygens (including phenoxy) is 1. The van der Waals surface area contributed by atoms with Crippen molar-refractivity contribution >= 4 is 21.8 Å². The normalized spacial score (nSPS) is 19.6. The second-order valence-corrected chi connectivity index (χ2v) is 5.54. The Morgan fingerprint density at radius 2 is 2.33 bits per heavy atom. The van der Waals surface area contributed by atoms with E-state index >= 15 is 0 Å². The fraction of sp³-hybridized carbons (Fsp3) is 0.500. The zero-order valence-corrected chi connectivity index (χ0v) is 12.1. The van der Waals surface area contributed by atoms with Gasteiger partial charge in [0.2, 0.25) is 0 Å². The molecule has 1 aromatic rings. The van der Waals surface area contributed by atoms with Gasteiger partial charge in [-0.05, 0) is 54.2 Å². The van der Waals surface area contributed by atoms with Gasteiger partial charge in [0, 0.05) is 17.6 Å². The molecule has 1 N–H and O–H groups in total. The van der Waals surface area contributed by atoms with Crippen LogP contribution in [0.1, 0.15) is 35.2 Å². The van der Waals surface area contributed by atoms with Crippen LogP contribution in [-0.4, -0.2) is 25.2 Å². The number of carbonyl (C=O) groups is 1. The molecule has 1 atom stereocenters. The van der Waals surface area contributed by atoms with E-state index in [9.17, 15) is 4.79 Å². The van der Waals surface area contributed by atoms with Crippen LogP contribution in [0, 0.1) is 6.92 Å². The van der Waals surface area contributed by atoms with Crippen molar-refractivity contribution in [2.75, 3.05) is 13.2 Å². The van der Waals surface area contributed by atoms with Crippen LogP contribution < -0.4 is 5.32 Å². The van der Waals surface area contributed by atoms with Crippen LogP contribution in [0.2, 0.25) is 0 Å². The number of aryl methyl sites for hydroxylation is 1. The molecule has 98 valence electrons. The largest absolute Gasteiger partial charge is 0.376 e. The molecule has 1 amide bonds. The number of amides is 1. The van der Waals surface area contributed by atoms with Crippen LogP contribution in [0.4, 0.5) is 0 Å². The van der Waals surface area contributed by atoms with Crippen molar-refractivity contribution in [1.82, 2.24) is 5.32 Å². The number of halogens is 1. The Bertz CT molecular complexity index is 428. The van der Waals surface area contributed by atoms with Gasteiger partial charge in [-0.3, -0.25) is 4.79 Å². The van der Waals surface area contributed by atoms with Gasteiger partial charge in [0.1, 0.15) is 0 Å². The molecule has 2 rings (SSSR count). The molecule has 18 heavy (non-hydrogen) atoms. The third kappa shape index (κ3) is 3.56. The Hall–Kier alpha value is -0.870. The lowest BCUT2D eigenvalue weighted by Crippen LogP contribution is -2.35. The SMILES string of the molecule is Cc1ccc(Br)c(C(=O)NCC2CCCCO2)c1. The molecule has 1 heterocycles. The van der Waals surface area contributed by atoms with Gasteiger partial charge in [-0.2, -0.15) is 0 Å². The lowest BCUT2D eigenvalue weighted by Gasteiger charge is -2.22. The fourth-order valence-corrected chi connectivity index (χ4v) is 2.51. The molecule has 0 bridgehead atoms. The minimum atomic E-state index is -0.0419. The molecule has 0 saturated carbocycles. The second kappa shape index (κ2) is 6.34. The van der Waals surface area contributed by atoms with E-state index in [-0.39, 0.29) is 12.0 Å². The topological polar surface area (TPSA) is 38.3 Å². The van der Waals surface area contributed by atoms with E-state index in [0.717, 1.165) is 29.5 Å². The number of carbonyl (C=O) groups excluding carboxylic acids is 1. The molecule has 4 heteroatoms. The van der Waals surface area contributed by atoms with E-state index in [2.05, 4.69) is 21.2 Å². The van der Waals surface area contributed by atoms with E-state index in [1.165, 1.54) is 6.42 Å². The number of rotatable bonds is 3. The molecule has 1 aromatic carbocycles. The summed E-state index contributed by atoms with van der Waals surface area (Å²) in [4.78, 5) is 12.1. The highest BCUT2D eigenvalue weighted by atomic mass is 79.9. The molecule has 3 nitrogen and oxygen atoms in total. The Kier molecular flexibility index (Phi) is 4.78. The summed E-state index contributed by atoms with van der Waals surface area (Å²) in [6, 6.07) is 5.77. The molecule has 0 radical (unpaired) electrons. The Balaban J connectivity index is 1.92. The highest BCUT2D eigenvalue weighted by Gasteiger charge is 2.16. The first-order valence-electron chi connectivity index (χ1n) is 6.33. The third-order valence-corrected chi connectivity index (χ3v) is 3.82. The van der Waals surface area contributed by atoms with Gasteiger partial charge in [0.15, 0.2) is 0 Å². The quantitative estimate of drug-likeness (QED) is 0.931. The standard InChI is InChI=1S/C14H18BrNO2/c1-10-5-6-13(15)12(8-10)14(17)16-9-11-4-2-3-7-18-11/h5-6,8,11H,2-4,7,9H2,1H3,(H,16,17). The van der Waals surface area contributed by atoms with E-state index in [4.69, 9.17) is 4.74 Å². The van der Waals surface area contributed by atoms with Crippen LogP contribution in [0.15, 0.2) is 22.7 Å². The molecular formula is C14H18BrNO2. The summed E-state index contributed by atoms with van der Waals surface area (Å²) in [5, 5.41) is 2.94. The lowest BCUT2D eigenvalue weighted by molar-refractivity contribution is 0.0169. The summed E-state index contributed by atoms with van der Waals surface area (Å²) >= 11 is 3.40. The average molecular weight is 312 g/mol. The van der Waals surface area contributed by atoms with Crippen molar-refractivity contribution in [1.29, 1.82) is 0 Å². The second-order valence-electron chi connectivity index (χ2n) is 4.68. The predicted molar refractivity (Wildman–Crippen MR) is 74.8 cm³/mol. The van der Waals surface area contributed by atoms with Gasteiger partial charge in [-0.25, -0.2) is 0 Å². The third-order valence-electron chi connectivity index (χ3n) is 3.13. The van der Waals surface area contributed by atoms with Gasteiger partial charge in [-0.15, -0.1) is 0 Å². The summed E-state index contributed by atoms with van der Waals surface area (Å²) in [6.45, 7) is 3.39. The van der Waals surface area contributed by atoms with Gasteiger partial charge in [-0.1, -0.05) is 11.6 Å². The highest BCUT2D eigenvalue weighted by molar-refractivity contribution is 9.10. The molecular weight excluding hydrogens is 294 g/mol. The maximum Gasteiger partial charge on any atom is 0.252 e. The summed E-state index contributed by atoms with van der Waals surface area (Å²) in [5.74, 6) is -0.0419. The van der Waals surface area contributed by atoms with Crippen molar-refractivity contribution in [3.05, 3.63) is 33.8 Å². The summed E-state index contributed by atoms with van der Waals surface area (Å²) in [6.07, 6.45) is 3.53. The lowest BCUT2D eigenvalue weighted by atomic mass is 10.1.